The summed E-state index contributed by atoms with van der Waals surface area (Å²) in [6.07, 6.45) is 1.06. The molecule has 1 amide bonds. The number of aromatic amines is 1. The van der Waals surface area contributed by atoms with Gasteiger partial charge in [0.1, 0.15) is 31.2 Å². The quantitative estimate of drug-likeness (QED) is 0.0400. The van der Waals surface area contributed by atoms with E-state index in [1.54, 1.807) is 12.1 Å². The van der Waals surface area contributed by atoms with Crippen molar-refractivity contribution in [1.82, 2.24) is 15.6 Å². The summed E-state index contributed by atoms with van der Waals surface area (Å²) in [6.45, 7) is 4.22. The lowest BCUT2D eigenvalue weighted by Crippen LogP contribution is -2.66. The number of nitrogens with one attached hydrogen (secondary N) is 3. The van der Waals surface area contributed by atoms with Crippen LogP contribution in [0.5, 0.6) is 11.5 Å². The van der Waals surface area contributed by atoms with Gasteiger partial charge in [-0.15, -0.1) is 0 Å². The number of aromatic nitrogens is 1. The molecule has 5 aromatic carbocycles. The Labute approximate surface area is 349 Å². The van der Waals surface area contributed by atoms with Crippen LogP contribution in [0.4, 0.5) is 4.79 Å². The molecule has 0 aliphatic carbocycles. The Kier molecular flexibility index (Phi) is 12.4. The number of amides is 1. The minimum atomic E-state index is -0.821. The number of carbonyl (C=O) groups excluding carboxylic acids is 2. The molecule has 0 radical (unpaired) electrons. The van der Waals surface area contributed by atoms with E-state index in [9.17, 15) is 24.6 Å². The normalized spacial score (nSPS) is 19.4. The van der Waals surface area contributed by atoms with Gasteiger partial charge in [-0.25, -0.2) is 4.79 Å². The predicted octanol–water partition coefficient (Wildman–Crippen LogP) is 6.99. The second-order valence-corrected chi connectivity index (χ2v) is 16.1. The maximum absolute atomic E-state index is 13.7. The molecule has 1 aromatic heterocycles. The number of ether oxygens (including phenoxy) is 2. The minimum absolute atomic E-state index is 0.0387. The van der Waals surface area contributed by atoms with Gasteiger partial charge in [0.15, 0.2) is 6.10 Å². The van der Waals surface area contributed by atoms with E-state index in [0.717, 1.165) is 60.2 Å². The Morgan fingerprint density at radius 3 is 2.30 bits per heavy atom. The van der Waals surface area contributed by atoms with E-state index < -0.39 is 18.2 Å². The van der Waals surface area contributed by atoms with E-state index in [2.05, 4.69) is 27.8 Å². The van der Waals surface area contributed by atoms with Gasteiger partial charge in [0.2, 0.25) is 11.3 Å². The molecule has 3 atom stereocenters. The number of carbonyl (C=O) groups is 2. The van der Waals surface area contributed by atoms with E-state index in [1.807, 2.05) is 97.1 Å². The van der Waals surface area contributed by atoms with E-state index in [4.69, 9.17) is 9.47 Å². The number of alkyl carbamates (subject to hydrolysis) is 1. The zero-order valence-corrected chi connectivity index (χ0v) is 33.5. The van der Waals surface area contributed by atoms with Gasteiger partial charge in [-0.2, -0.15) is 0 Å². The number of rotatable bonds is 16. The third-order valence-corrected chi connectivity index (χ3v) is 12.1. The molecule has 0 spiro atoms. The molecule has 5 N–H and O–H groups in total. The van der Waals surface area contributed by atoms with Gasteiger partial charge in [0.05, 0.1) is 30.8 Å². The Balaban J connectivity index is 0.844. The van der Waals surface area contributed by atoms with Crippen LogP contribution in [0.15, 0.2) is 138 Å². The molecular weight excluding hydrogens is 757 g/mol. The molecule has 2 bridgehead atoms. The van der Waals surface area contributed by atoms with Crippen LogP contribution < -0.4 is 20.9 Å². The fourth-order valence-electron chi connectivity index (χ4n) is 8.77. The fraction of sp³-hybridized carbons (Fsp3) is 0.286. The lowest BCUT2D eigenvalue weighted by atomic mass is 9.83. The van der Waals surface area contributed by atoms with Crippen molar-refractivity contribution in [2.45, 2.75) is 44.1 Å². The number of quaternary nitrogens is 1. The largest absolute Gasteiger partial charge is 0.506 e. The molecular formula is C49H51N4O7+. The number of phenolic OH excluding ortho intramolecular Hbond substituents is 1. The smallest absolute Gasteiger partial charge is 0.408 e. The number of pyridine rings is 1. The minimum Gasteiger partial charge on any atom is -0.506 e. The number of hydrogen-bond donors (Lipinski definition) is 5. The molecule has 0 saturated carbocycles. The van der Waals surface area contributed by atoms with Crippen molar-refractivity contribution in [2.24, 2.45) is 5.92 Å². The number of aromatic hydroxyl groups is 1. The van der Waals surface area contributed by atoms with E-state index in [0.29, 0.717) is 59.5 Å². The van der Waals surface area contributed by atoms with Gasteiger partial charge in [0, 0.05) is 42.3 Å². The summed E-state index contributed by atoms with van der Waals surface area (Å²) in [4.78, 5) is 41.3. The van der Waals surface area contributed by atoms with E-state index >= 15 is 0 Å². The van der Waals surface area contributed by atoms with Crippen LogP contribution in [0.1, 0.15) is 63.2 Å². The number of aliphatic hydroxyl groups excluding tert-OH is 1. The topological polar surface area (TPSA) is 150 Å². The third kappa shape index (κ3) is 9.61. The summed E-state index contributed by atoms with van der Waals surface area (Å²) >= 11 is 0. The molecule has 6 aromatic rings. The highest BCUT2D eigenvalue weighted by molar-refractivity contribution is 5.97. The van der Waals surface area contributed by atoms with Gasteiger partial charge in [0.25, 0.3) is 0 Å². The molecule has 1 unspecified atom stereocenters. The fourth-order valence-corrected chi connectivity index (χ4v) is 8.77. The lowest BCUT2D eigenvalue weighted by molar-refractivity contribution is -0.938. The summed E-state index contributed by atoms with van der Waals surface area (Å²) in [5.74, 6) is 1.05. The maximum Gasteiger partial charge on any atom is 0.408 e. The Bertz CT molecular complexity index is 2470. The van der Waals surface area contributed by atoms with Crippen molar-refractivity contribution >= 4 is 22.8 Å². The predicted molar refractivity (Wildman–Crippen MR) is 230 cm³/mol. The lowest BCUT2D eigenvalue weighted by Gasteiger charge is -2.51. The van der Waals surface area contributed by atoms with E-state index in [1.165, 1.54) is 12.1 Å². The Morgan fingerprint density at radius 2 is 1.53 bits per heavy atom. The second-order valence-electron chi connectivity index (χ2n) is 16.1. The maximum atomic E-state index is 13.7. The number of aliphatic hydroxyl groups is 1. The highest BCUT2D eigenvalue weighted by Crippen LogP contribution is 2.36. The number of hydrogen-bond acceptors (Lipinski definition) is 8. The van der Waals surface area contributed by atoms with Gasteiger partial charge in [-0.05, 0) is 65.0 Å². The summed E-state index contributed by atoms with van der Waals surface area (Å²) in [7, 11) is 0. The van der Waals surface area contributed by atoms with Crippen LogP contribution in [0.3, 0.4) is 0 Å². The molecule has 4 heterocycles. The highest BCUT2D eigenvalue weighted by Gasteiger charge is 2.48. The summed E-state index contributed by atoms with van der Waals surface area (Å²) in [5, 5.41) is 28.1. The van der Waals surface area contributed by atoms with Gasteiger partial charge in [-0.1, -0.05) is 103 Å². The molecule has 11 nitrogen and oxygen atoms in total. The summed E-state index contributed by atoms with van der Waals surface area (Å²) in [5.41, 5.74) is 5.27. The van der Waals surface area contributed by atoms with Crippen molar-refractivity contribution in [3.63, 3.8) is 0 Å². The van der Waals surface area contributed by atoms with Gasteiger partial charge in [-0.3, -0.25) is 9.59 Å². The van der Waals surface area contributed by atoms with Crippen LogP contribution in [0.2, 0.25) is 0 Å². The van der Waals surface area contributed by atoms with Crippen molar-refractivity contribution < 1.29 is 33.8 Å². The van der Waals surface area contributed by atoms with Crippen molar-refractivity contribution in [3.05, 3.63) is 177 Å². The first kappa shape index (κ1) is 40.5. The number of phenols is 1. The zero-order chi connectivity index (χ0) is 41.5. The average Bonchev–Trinajstić information content (AvgIpc) is 3.28. The van der Waals surface area contributed by atoms with Crippen LogP contribution in [-0.2, 0) is 17.8 Å². The van der Waals surface area contributed by atoms with Crippen molar-refractivity contribution in [1.29, 1.82) is 0 Å². The standard InChI is InChI=1S/C49H50N4O7/c54-42-20-18-40(41-19-21-46(57)51-48(41)42)43(55)29-50-25-22-33-14-16-34(17-15-33)32-59-39-13-7-12-38(28-39)47(37-10-5-2-6-11-37)52-49(58)60-45-31-53(26-23-36(45)24-27-53)30-44(56)35-8-3-1-4-9-35/h1-21,28,36,43,45,47,50,55H,22-27,29-32H2,(H2-,51,52,54,57,58)/p+1/t36?,43-,45+,47?,53?/m1/s1. The first-order valence-corrected chi connectivity index (χ1v) is 20.7. The number of H-pyrrole nitrogens is 1. The molecule has 3 aliphatic heterocycles. The number of benzene rings is 5. The zero-order valence-electron chi connectivity index (χ0n) is 33.5. The highest BCUT2D eigenvalue weighted by atomic mass is 16.6. The third-order valence-electron chi connectivity index (χ3n) is 12.1. The van der Waals surface area contributed by atoms with Crippen LogP contribution >= 0.6 is 0 Å². The molecule has 3 saturated heterocycles. The first-order chi connectivity index (χ1) is 29.2. The van der Waals surface area contributed by atoms with Crippen LogP contribution in [0.25, 0.3) is 10.9 Å². The summed E-state index contributed by atoms with van der Waals surface area (Å²) in [6, 6.07) is 40.9. The molecule has 9 rings (SSSR count). The monoisotopic (exact) mass is 807 g/mol. The molecule has 60 heavy (non-hydrogen) atoms. The van der Waals surface area contributed by atoms with Crippen LogP contribution in [-0.4, -0.2) is 76.9 Å². The average molecular weight is 808 g/mol. The number of piperidine rings is 3. The van der Waals surface area contributed by atoms with Gasteiger partial charge >= 0.3 is 6.09 Å². The molecule has 11 heteroatoms. The van der Waals surface area contributed by atoms with Crippen LogP contribution in [0, 0.1) is 5.92 Å². The summed E-state index contributed by atoms with van der Waals surface area (Å²) < 4.78 is 13.1. The second kappa shape index (κ2) is 18.3. The number of ketones is 1. The van der Waals surface area contributed by atoms with Gasteiger partial charge < -0.3 is 39.8 Å². The number of nitrogens with zero attached hydrogens (tertiary/aromatic N) is 1. The Hall–Kier alpha value is -6.27. The van der Waals surface area contributed by atoms with Crippen molar-refractivity contribution in [3.8, 4) is 11.5 Å². The number of Topliss-reactive ketones (excluding diaryl/α,β-unsaturated/α-hetero) is 1. The SMILES string of the molecule is O=C(NC(c1ccccc1)c1cccc(OCc2ccc(CCNC[C@@H](O)c3ccc(O)c4[nH]c(=O)ccc34)cc2)c1)O[C@H]1C[N+]2(CC(=O)c3ccccc3)CCC1CC2. The Morgan fingerprint density at radius 1 is 0.817 bits per heavy atom. The van der Waals surface area contributed by atoms with E-state index in [-0.39, 0.29) is 29.1 Å². The van der Waals surface area contributed by atoms with Crippen molar-refractivity contribution in [2.75, 3.05) is 39.3 Å². The molecule has 3 aliphatic rings. The number of fused-ring (bicyclic) bond motifs is 4. The first-order valence-electron chi connectivity index (χ1n) is 20.7. The molecule has 3 fully saturated rings. The molecule has 308 valence electrons.